The summed E-state index contributed by atoms with van der Waals surface area (Å²) >= 11 is 0. The lowest BCUT2D eigenvalue weighted by Crippen LogP contribution is -2.01. The summed E-state index contributed by atoms with van der Waals surface area (Å²) in [5.41, 5.74) is 0.941. The van der Waals surface area contributed by atoms with Gasteiger partial charge in [-0.1, -0.05) is 18.2 Å². The monoisotopic (exact) mass is 186 g/mol. The summed E-state index contributed by atoms with van der Waals surface area (Å²) in [5.74, 6) is 0.698. The first-order chi connectivity index (χ1) is 6.84. The molecule has 0 radical (unpaired) electrons. The molecule has 2 aromatic rings. The van der Waals surface area contributed by atoms with Crippen molar-refractivity contribution in [3.05, 3.63) is 58.9 Å². The van der Waals surface area contributed by atoms with Crippen molar-refractivity contribution in [2.24, 2.45) is 0 Å². The van der Waals surface area contributed by atoms with Crippen molar-refractivity contribution in [3.63, 3.8) is 0 Å². The van der Waals surface area contributed by atoms with E-state index in [0.29, 0.717) is 5.82 Å². The zero-order chi connectivity index (χ0) is 9.80. The number of anilines is 2. The predicted molar refractivity (Wildman–Crippen MR) is 56.8 cm³/mol. The van der Waals surface area contributed by atoms with Crippen molar-refractivity contribution in [2.45, 2.75) is 0 Å². The van der Waals surface area contributed by atoms with E-state index < -0.39 is 0 Å². The highest BCUT2D eigenvalue weighted by Crippen LogP contribution is 2.10. The van der Waals surface area contributed by atoms with E-state index in [1.54, 1.807) is 6.20 Å². The Kier molecular flexibility index (Phi) is 2.32. The van der Waals surface area contributed by atoms with Crippen LogP contribution in [0.15, 0.2) is 53.5 Å². The van der Waals surface area contributed by atoms with Crippen molar-refractivity contribution < 1.29 is 0 Å². The fourth-order valence-electron chi connectivity index (χ4n) is 1.19. The second kappa shape index (κ2) is 3.79. The van der Waals surface area contributed by atoms with Crippen LogP contribution in [-0.4, -0.2) is 4.98 Å². The molecule has 2 rings (SSSR count). The minimum Gasteiger partial charge on any atom is -0.348 e. The molecule has 0 spiro atoms. The molecule has 0 amide bonds. The van der Waals surface area contributed by atoms with E-state index in [4.69, 9.17) is 0 Å². The van der Waals surface area contributed by atoms with Gasteiger partial charge in [-0.05, 0) is 12.1 Å². The first kappa shape index (κ1) is 8.56. The second-order valence-electron chi connectivity index (χ2n) is 2.93. The molecule has 0 saturated carbocycles. The van der Waals surface area contributed by atoms with Gasteiger partial charge in [-0.25, -0.2) is 0 Å². The van der Waals surface area contributed by atoms with Crippen LogP contribution in [0.5, 0.6) is 0 Å². The van der Waals surface area contributed by atoms with E-state index in [0.717, 1.165) is 5.69 Å². The van der Waals surface area contributed by atoms with Gasteiger partial charge in [0.25, 0.3) is 0 Å². The normalized spacial score (nSPS) is 9.71. The van der Waals surface area contributed by atoms with Crippen LogP contribution in [0.1, 0.15) is 0 Å². The average Bonchev–Trinajstić information content (AvgIpc) is 2.19. The molecule has 0 aliphatic rings. The average molecular weight is 186 g/mol. The molecular weight excluding hydrogens is 176 g/mol. The Bertz CT molecular complexity index is 462. The van der Waals surface area contributed by atoms with Crippen LogP contribution in [0, 0.1) is 0 Å². The van der Waals surface area contributed by atoms with E-state index in [-0.39, 0.29) is 5.43 Å². The summed E-state index contributed by atoms with van der Waals surface area (Å²) in [7, 11) is 0. The standard InChI is InChI=1S/C11H10N2O/c14-10-6-7-12-11(8-10)13-9-4-2-1-3-5-9/h1-8H,(H2,12,13,14). The third kappa shape index (κ3) is 2.01. The lowest BCUT2D eigenvalue weighted by atomic mass is 10.3. The second-order valence-corrected chi connectivity index (χ2v) is 2.93. The summed E-state index contributed by atoms with van der Waals surface area (Å²) in [5, 5.41) is 3.09. The predicted octanol–water partition coefficient (Wildman–Crippen LogP) is 2.12. The Morgan fingerprint density at radius 1 is 1.07 bits per heavy atom. The number of para-hydroxylation sites is 1. The van der Waals surface area contributed by atoms with Crippen molar-refractivity contribution in [1.82, 2.24) is 4.98 Å². The number of pyridine rings is 1. The molecule has 3 nitrogen and oxygen atoms in total. The van der Waals surface area contributed by atoms with Crippen LogP contribution < -0.4 is 10.7 Å². The third-order valence-electron chi connectivity index (χ3n) is 1.83. The third-order valence-corrected chi connectivity index (χ3v) is 1.83. The number of aromatic amines is 1. The molecule has 2 N–H and O–H groups in total. The van der Waals surface area contributed by atoms with Gasteiger partial charge in [0.05, 0.1) is 0 Å². The van der Waals surface area contributed by atoms with E-state index >= 15 is 0 Å². The molecule has 0 aliphatic heterocycles. The highest BCUT2D eigenvalue weighted by molar-refractivity contribution is 5.55. The zero-order valence-electron chi connectivity index (χ0n) is 7.53. The highest BCUT2D eigenvalue weighted by atomic mass is 16.1. The van der Waals surface area contributed by atoms with Crippen molar-refractivity contribution in [1.29, 1.82) is 0 Å². The summed E-state index contributed by atoms with van der Waals surface area (Å²) in [6.07, 6.45) is 1.62. The molecule has 0 aliphatic carbocycles. The molecule has 70 valence electrons. The van der Waals surface area contributed by atoms with Gasteiger partial charge < -0.3 is 10.3 Å². The zero-order valence-corrected chi connectivity index (χ0v) is 7.53. The number of hydrogen-bond acceptors (Lipinski definition) is 2. The SMILES string of the molecule is O=c1cc[nH]c(Nc2ccccc2)c1. The largest absolute Gasteiger partial charge is 0.348 e. The maximum atomic E-state index is 11.0. The van der Waals surface area contributed by atoms with Gasteiger partial charge in [-0.15, -0.1) is 0 Å². The fraction of sp³-hybridized carbons (Fsp3) is 0. The van der Waals surface area contributed by atoms with Crippen LogP contribution >= 0.6 is 0 Å². The Balaban J connectivity index is 2.24. The van der Waals surface area contributed by atoms with E-state index in [2.05, 4.69) is 10.3 Å². The molecule has 14 heavy (non-hydrogen) atoms. The minimum absolute atomic E-state index is 0.0119. The lowest BCUT2D eigenvalue weighted by molar-refractivity contribution is 1.29. The van der Waals surface area contributed by atoms with Gasteiger partial charge in [0.1, 0.15) is 5.82 Å². The molecular formula is C11H10N2O. The Morgan fingerprint density at radius 3 is 2.57 bits per heavy atom. The Labute approximate surface area is 81.4 Å². The summed E-state index contributed by atoms with van der Waals surface area (Å²) in [4.78, 5) is 14.0. The number of nitrogens with one attached hydrogen (secondary N) is 2. The molecule has 0 bridgehead atoms. The molecule has 1 heterocycles. The molecule has 3 heteroatoms. The number of H-pyrrole nitrogens is 1. The van der Waals surface area contributed by atoms with Gasteiger partial charge in [0.2, 0.25) is 0 Å². The molecule has 0 saturated heterocycles. The van der Waals surface area contributed by atoms with Crippen molar-refractivity contribution in [2.75, 3.05) is 5.32 Å². The first-order valence-corrected chi connectivity index (χ1v) is 4.35. The van der Waals surface area contributed by atoms with E-state index in [9.17, 15) is 4.79 Å². The summed E-state index contributed by atoms with van der Waals surface area (Å²) in [6.45, 7) is 0. The van der Waals surface area contributed by atoms with Crippen LogP contribution in [0.3, 0.4) is 0 Å². The fourth-order valence-corrected chi connectivity index (χ4v) is 1.19. The van der Waals surface area contributed by atoms with Crippen LogP contribution in [0.2, 0.25) is 0 Å². The molecule has 1 aromatic carbocycles. The molecule has 0 fully saturated rings. The number of aromatic nitrogens is 1. The van der Waals surface area contributed by atoms with Crippen molar-refractivity contribution >= 4 is 11.5 Å². The van der Waals surface area contributed by atoms with Gasteiger partial charge >= 0.3 is 0 Å². The number of hydrogen-bond donors (Lipinski definition) is 2. The Morgan fingerprint density at radius 2 is 1.86 bits per heavy atom. The van der Waals surface area contributed by atoms with Gasteiger partial charge in [-0.3, -0.25) is 4.79 Å². The number of rotatable bonds is 2. The van der Waals surface area contributed by atoms with Crippen LogP contribution in [-0.2, 0) is 0 Å². The molecule has 1 aromatic heterocycles. The highest BCUT2D eigenvalue weighted by Gasteiger charge is 1.93. The number of benzene rings is 1. The minimum atomic E-state index is -0.0119. The lowest BCUT2D eigenvalue weighted by Gasteiger charge is -2.04. The first-order valence-electron chi connectivity index (χ1n) is 4.35. The van der Waals surface area contributed by atoms with Crippen LogP contribution in [0.25, 0.3) is 0 Å². The van der Waals surface area contributed by atoms with Crippen LogP contribution in [0.4, 0.5) is 11.5 Å². The van der Waals surface area contributed by atoms with E-state index in [1.807, 2.05) is 30.3 Å². The summed E-state index contributed by atoms with van der Waals surface area (Å²) < 4.78 is 0. The maximum absolute atomic E-state index is 11.0. The summed E-state index contributed by atoms with van der Waals surface area (Å²) in [6, 6.07) is 12.7. The van der Waals surface area contributed by atoms with Gasteiger partial charge in [0, 0.05) is 24.0 Å². The molecule has 0 atom stereocenters. The molecule has 0 unspecified atom stereocenters. The van der Waals surface area contributed by atoms with Gasteiger partial charge in [-0.2, -0.15) is 0 Å². The topological polar surface area (TPSA) is 44.9 Å². The maximum Gasteiger partial charge on any atom is 0.183 e. The van der Waals surface area contributed by atoms with Gasteiger partial charge in [0.15, 0.2) is 5.43 Å². The smallest absolute Gasteiger partial charge is 0.183 e. The Hall–Kier alpha value is -2.03. The quantitative estimate of drug-likeness (QED) is 0.754. The van der Waals surface area contributed by atoms with E-state index in [1.165, 1.54) is 12.1 Å². The van der Waals surface area contributed by atoms with Crippen molar-refractivity contribution in [3.8, 4) is 0 Å².